The Morgan fingerprint density at radius 3 is 2.59 bits per heavy atom. The molecule has 0 saturated carbocycles. The third-order valence-electron chi connectivity index (χ3n) is 4.48. The van der Waals surface area contributed by atoms with Gasteiger partial charge in [0.1, 0.15) is 0 Å². The summed E-state index contributed by atoms with van der Waals surface area (Å²) in [7, 11) is 0. The zero-order chi connectivity index (χ0) is 21.1. The minimum atomic E-state index is -0.658. The largest absolute Gasteiger partial charge is 0.455 e. The van der Waals surface area contributed by atoms with E-state index < -0.39 is 24.4 Å². The zero-order valence-electron chi connectivity index (χ0n) is 15.4. The summed E-state index contributed by atoms with van der Waals surface area (Å²) in [5, 5.41) is 3.78. The molecule has 1 saturated heterocycles. The lowest BCUT2D eigenvalue weighted by atomic mass is 10.1. The monoisotopic (exact) mass is 454 g/mol. The van der Waals surface area contributed by atoms with Crippen molar-refractivity contribution in [2.75, 3.05) is 23.4 Å². The zero-order valence-corrected chi connectivity index (χ0v) is 17.6. The fourth-order valence-electron chi connectivity index (χ4n) is 2.90. The highest BCUT2D eigenvalue weighted by atomic mass is 35.5. The quantitative estimate of drug-likeness (QED) is 0.674. The van der Waals surface area contributed by atoms with E-state index in [0.29, 0.717) is 21.4 Å². The van der Waals surface area contributed by atoms with E-state index in [1.54, 1.807) is 24.3 Å². The lowest BCUT2D eigenvalue weighted by Crippen LogP contribution is -2.28. The van der Waals surface area contributed by atoms with Crippen LogP contribution in [0, 0.1) is 12.8 Å². The maximum Gasteiger partial charge on any atom is 0.311 e. The molecule has 0 aliphatic carbocycles. The second-order valence-electron chi connectivity index (χ2n) is 6.62. The minimum absolute atomic E-state index is 0.00889. The van der Waals surface area contributed by atoms with Crippen molar-refractivity contribution in [3.8, 4) is 0 Å². The SMILES string of the molecule is Cc1ccc(N2C[C@@H](C(=O)OCC(=O)Nc3ccc(Cl)cc3Cl)CC2=O)cc1Cl. The van der Waals surface area contributed by atoms with Gasteiger partial charge >= 0.3 is 5.97 Å². The number of rotatable bonds is 5. The van der Waals surface area contributed by atoms with Gasteiger partial charge in [-0.15, -0.1) is 0 Å². The first-order valence-electron chi connectivity index (χ1n) is 8.72. The molecule has 29 heavy (non-hydrogen) atoms. The second-order valence-corrected chi connectivity index (χ2v) is 7.87. The molecule has 0 spiro atoms. The van der Waals surface area contributed by atoms with Gasteiger partial charge in [-0.25, -0.2) is 0 Å². The average Bonchev–Trinajstić information content (AvgIpc) is 3.06. The van der Waals surface area contributed by atoms with Crippen LogP contribution >= 0.6 is 34.8 Å². The maximum atomic E-state index is 12.3. The van der Waals surface area contributed by atoms with Crippen LogP contribution in [0.3, 0.4) is 0 Å². The molecule has 9 heteroatoms. The minimum Gasteiger partial charge on any atom is -0.455 e. The number of ether oxygens (including phenoxy) is 1. The van der Waals surface area contributed by atoms with Crippen molar-refractivity contribution >= 4 is 64.0 Å². The summed E-state index contributed by atoms with van der Waals surface area (Å²) in [5.41, 5.74) is 1.87. The molecule has 1 atom stereocenters. The van der Waals surface area contributed by atoms with Crippen molar-refractivity contribution in [1.29, 1.82) is 0 Å². The summed E-state index contributed by atoms with van der Waals surface area (Å²) in [5.74, 6) is -2.02. The van der Waals surface area contributed by atoms with E-state index in [2.05, 4.69) is 5.32 Å². The molecular formula is C20H17Cl3N2O4. The lowest BCUT2D eigenvalue weighted by molar-refractivity contribution is -0.151. The van der Waals surface area contributed by atoms with Gasteiger partial charge in [-0.2, -0.15) is 0 Å². The molecule has 1 N–H and O–H groups in total. The van der Waals surface area contributed by atoms with Gasteiger partial charge in [0, 0.05) is 28.7 Å². The first-order valence-corrected chi connectivity index (χ1v) is 9.86. The number of hydrogen-bond acceptors (Lipinski definition) is 4. The Morgan fingerprint density at radius 1 is 1.14 bits per heavy atom. The molecule has 1 fully saturated rings. The Labute approximate surface area is 182 Å². The van der Waals surface area contributed by atoms with Crippen LogP contribution in [0.5, 0.6) is 0 Å². The maximum absolute atomic E-state index is 12.3. The molecular weight excluding hydrogens is 439 g/mol. The molecule has 2 aromatic carbocycles. The Bertz CT molecular complexity index is 980. The van der Waals surface area contributed by atoms with Gasteiger partial charge in [0.2, 0.25) is 5.91 Å². The number of carbonyl (C=O) groups excluding carboxylic acids is 3. The van der Waals surface area contributed by atoms with E-state index in [9.17, 15) is 14.4 Å². The highest BCUT2D eigenvalue weighted by molar-refractivity contribution is 6.36. The van der Waals surface area contributed by atoms with E-state index >= 15 is 0 Å². The number of benzene rings is 2. The number of hydrogen-bond donors (Lipinski definition) is 1. The van der Waals surface area contributed by atoms with Gasteiger partial charge in [-0.05, 0) is 42.8 Å². The fraction of sp³-hybridized carbons (Fsp3) is 0.250. The molecule has 1 heterocycles. The third kappa shape index (κ3) is 5.21. The van der Waals surface area contributed by atoms with E-state index in [1.807, 2.05) is 13.0 Å². The number of amides is 2. The number of nitrogens with zero attached hydrogens (tertiary/aromatic N) is 1. The number of esters is 1. The topological polar surface area (TPSA) is 75.7 Å². The lowest BCUT2D eigenvalue weighted by Gasteiger charge is -2.17. The van der Waals surface area contributed by atoms with Crippen LogP contribution in [-0.2, 0) is 19.1 Å². The summed E-state index contributed by atoms with van der Waals surface area (Å²) in [6.07, 6.45) is 0.00889. The molecule has 6 nitrogen and oxygen atoms in total. The highest BCUT2D eigenvalue weighted by Gasteiger charge is 2.36. The number of halogens is 3. The van der Waals surface area contributed by atoms with Crippen molar-refractivity contribution in [1.82, 2.24) is 0 Å². The Morgan fingerprint density at radius 2 is 1.90 bits per heavy atom. The van der Waals surface area contributed by atoms with E-state index in [4.69, 9.17) is 39.5 Å². The van der Waals surface area contributed by atoms with E-state index in [-0.39, 0.29) is 23.9 Å². The average molecular weight is 456 g/mol. The summed E-state index contributed by atoms with van der Waals surface area (Å²) < 4.78 is 5.07. The Hall–Kier alpha value is -2.28. The van der Waals surface area contributed by atoms with Crippen molar-refractivity contribution in [2.45, 2.75) is 13.3 Å². The van der Waals surface area contributed by atoms with Gasteiger partial charge in [-0.1, -0.05) is 40.9 Å². The van der Waals surface area contributed by atoms with Crippen LogP contribution < -0.4 is 10.2 Å². The first-order chi connectivity index (χ1) is 13.7. The van der Waals surface area contributed by atoms with Gasteiger partial charge in [-0.3, -0.25) is 14.4 Å². The molecule has 0 bridgehead atoms. The van der Waals surface area contributed by atoms with Gasteiger partial charge < -0.3 is 15.0 Å². The standard InChI is InChI=1S/C20H17Cl3N2O4/c1-11-2-4-14(8-15(11)22)25-9-12(6-19(25)27)20(28)29-10-18(26)24-17-5-3-13(21)7-16(17)23/h2-5,7-8,12H,6,9-10H2,1H3,(H,24,26)/t12-/m0/s1. The van der Waals surface area contributed by atoms with E-state index in [1.165, 1.54) is 11.0 Å². The molecule has 152 valence electrons. The van der Waals surface area contributed by atoms with Gasteiger partial charge in [0.05, 0.1) is 16.6 Å². The number of carbonyl (C=O) groups is 3. The molecule has 2 amide bonds. The molecule has 0 aromatic heterocycles. The van der Waals surface area contributed by atoms with Crippen molar-refractivity contribution in [3.63, 3.8) is 0 Å². The van der Waals surface area contributed by atoms with Crippen molar-refractivity contribution < 1.29 is 19.1 Å². The van der Waals surface area contributed by atoms with Crippen molar-refractivity contribution in [2.24, 2.45) is 5.92 Å². The van der Waals surface area contributed by atoms with Gasteiger partial charge in [0.15, 0.2) is 6.61 Å². The molecule has 3 rings (SSSR count). The van der Waals surface area contributed by atoms with Crippen LogP contribution in [0.2, 0.25) is 15.1 Å². The molecule has 2 aromatic rings. The smallest absolute Gasteiger partial charge is 0.311 e. The van der Waals surface area contributed by atoms with Crippen molar-refractivity contribution in [3.05, 3.63) is 57.0 Å². The molecule has 0 radical (unpaired) electrons. The highest BCUT2D eigenvalue weighted by Crippen LogP contribution is 2.29. The van der Waals surface area contributed by atoms with Crippen LogP contribution in [0.15, 0.2) is 36.4 Å². The predicted octanol–water partition coefficient (Wildman–Crippen LogP) is 4.49. The molecule has 1 aliphatic rings. The predicted molar refractivity (Wildman–Crippen MR) is 113 cm³/mol. The summed E-state index contributed by atoms with van der Waals surface area (Å²) in [6.45, 7) is 1.54. The summed E-state index contributed by atoms with van der Waals surface area (Å²) in [4.78, 5) is 38.1. The first kappa shape index (κ1) is 21.4. The normalized spacial score (nSPS) is 16.1. The summed E-state index contributed by atoms with van der Waals surface area (Å²) >= 11 is 17.9. The fourth-order valence-corrected chi connectivity index (χ4v) is 3.53. The number of aryl methyl sites for hydroxylation is 1. The second kappa shape index (κ2) is 9.03. The Kier molecular flexibility index (Phi) is 6.67. The third-order valence-corrected chi connectivity index (χ3v) is 5.43. The number of anilines is 2. The van der Waals surface area contributed by atoms with Gasteiger partial charge in [0.25, 0.3) is 5.91 Å². The van der Waals surface area contributed by atoms with E-state index in [0.717, 1.165) is 5.56 Å². The number of nitrogens with one attached hydrogen (secondary N) is 1. The van der Waals surface area contributed by atoms with Crippen LogP contribution in [0.1, 0.15) is 12.0 Å². The Balaban J connectivity index is 1.55. The van der Waals surface area contributed by atoms with Crippen LogP contribution in [0.25, 0.3) is 0 Å². The molecule has 1 aliphatic heterocycles. The summed E-state index contributed by atoms with van der Waals surface area (Å²) in [6, 6.07) is 9.88. The van der Waals surface area contributed by atoms with Crippen LogP contribution in [0.4, 0.5) is 11.4 Å². The van der Waals surface area contributed by atoms with Crippen LogP contribution in [-0.4, -0.2) is 30.9 Å². The molecule has 0 unspecified atom stereocenters.